The highest BCUT2D eigenvalue weighted by Crippen LogP contribution is 2.41. The molecule has 0 aliphatic heterocycles. The van der Waals surface area contributed by atoms with E-state index in [1.165, 1.54) is 6.08 Å². The van der Waals surface area contributed by atoms with Gasteiger partial charge in [0.1, 0.15) is 11.7 Å². The summed E-state index contributed by atoms with van der Waals surface area (Å²) in [6.45, 7) is 4.33. The van der Waals surface area contributed by atoms with Crippen molar-refractivity contribution in [2.45, 2.75) is 26.2 Å². The molecule has 32 heavy (non-hydrogen) atoms. The van der Waals surface area contributed by atoms with Gasteiger partial charge in [0.05, 0.1) is 19.5 Å². The van der Waals surface area contributed by atoms with E-state index in [-0.39, 0.29) is 12.4 Å². The summed E-state index contributed by atoms with van der Waals surface area (Å²) in [7, 11) is -3.43. The van der Waals surface area contributed by atoms with Crippen molar-refractivity contribution in [3.8, 4) is 5.75 Å². The number of nitrogens with one attached hydrogen (secondary N) is 1. The van der Waals surface area contributed by atoms with Crippen LogP contribution in [0.4, 0.5) is 5.69 Å². The Hall–Kier alpha value is -3.13. The van der Waals surface area contributed by atoms with E-state index >= 15 is 0 Å². The topological polar surface area (TPSA) is 98.8 Å². The Kier molecular flexibility index (Phi) is 7.35. The standard InChI is InChI=1S/C24H27NO6S/c1-4-30-20-11-9-16(10-12-20)21-14-18(15-22(26)23(21)24(27)31-5-2)17-7-6-8-19(13-17)25-32(3,28)29/h6-13,15,21,23,25H,4-5,14H2,1-3H3/t21-,23+/m1/s1. The summed E-state index contributed by atoms with van der Waals surface area (Å²) < 4.78 is 36.3. The lowest BCUT2D eigenvalue weighted by Gasteiger charge is -2.29. The second-order valence-electron chi connectivity index (χ2n) is 7.57. The lowest BCUT2D eigenvalue weighted by Crippen LogP contribution is -2.34. The Morgan fingerprint density at radius 2 is 1.81 bits per heavy atom. The molecule has 8 heteroatoms. The highest BCUT2D eigenvalue weighted by Gasteiger charge is 2.39. The first kappa shape index (κ1) is 23.5. The van der Waals surface area contributed by atoms with Crippen LogP contribution >= 0.6 is 0 Å². The molecular weight excluding hydrogens is 430 g/mol. The molecule has 170 valence electrons. The monoisotopic (exact) mass is 457 g/mol. The van der Waals surface area contributed by atoms with E-state index in [1.54, 1.807) is 25.1 Å². The van der Waals surface area contributed by atoms with E-state index in [2.05, 4.69) is 4.72 Å². The predicted octanol–water partition coefficient (Wildman–Crippen LogP) is 3.78. The second kappa shape index (κ2) is 9.99. The van der Waals surface area contributed by atoms with Crippen molar-refractivity contribution in [1.29, 1.82) is 0 Å². The molecule has 1 aliphatic rings. The van der Waals surface area contributed by atoms with Gasteiger partial charge in [0.25, 0.3) is 0 Å². The number of rotatable bonds is 8. The van der Waals surface area contributed by atoms with Crippen molar-refractivity contribution in [1.82, 2.24) is 0 Å². The molecule has 1 aliphatic carbocycles. The summed E-state index contributed by atoms with van der Waals surface area (Å²) in [4.78, 5) is 25.7. The molecule has 3 rings (SSSR count). The fourth-order valence-corrected chi connectivity index (χ4v) is 4.43. The van der Waals surface area contributed by atoms with Crippen LogP contribution in [0.1, 0.15) is 37.3 Å². The van der Waals surface area contributed by atoms with Gasteiger partial charge in [-0.2, -0.15) is 0 Å². The van der Waals surface area contributed by atoms with Gasteiger partial charge in [-0.25, -0.2) is 8.42 Å². The number of carbonyl (C=O) groups is 2. The Labute approximate surface area is 188 Å². The molecule has 0 bridgehead atoms. The normalized spacial score (nSPS) is 18.6. The molecule has 0 fully saturated rings. The number of esters is 1. The molecule has 0 saturated carbocycles. The number of hydrogen-bond acceptors (Lipinski definition) is 6. The van der Waals surface area contributed by atoms with Crippen molar-refractivity contribution in [3.63, 3.8) is 0 Å². The van der Waals surface area contributed by atoms with Gasteiger partial charge in [-0.3, -0.25) is 14.3 Å². The summed E-state index contributed by atoms with van der Waals surface area (Å²) in [5, 5.41) is 0. The maximum Gasteiger partial charge on any atom is 0.317 e. The highest BCUT2D eigenvalue weighted by molar-refractivity contribution is 7.92. The lowest BCUT2D eigenvalue weighted by molar-refractivity contribution is -0.151. The second-order valence-corrected chi connectivity index (χ2v) is 9.32. The summed E-state index contributed by atoms with van der Waals surface area (Å²) in [6.07, 6.45) is 2.96. The molecule has 0 heterocycles. The smallest absolute Gasteiger partial charge is 0.317 e. The van der Waals surface area contributed by atoms with Gasteiger partial charge in [0.2, 0.25) is 10.0 Å². The van der Waals surface area contributed by atoms with E-state index in [0.717, 1.165) is 17.4 Å². The maximum absolute atomic E-state index is 13.0. The number of benzene rings is 2. The lowest BCUT2D eigenvalue weighted by atomic mass is 9.73. The molecule has 2 aromatic carbocycles. The Balaban J connectivity index is 1.98. The number of carbonyl (C=O) groups excluding carboxylic acids is 2. The van der Waals surface area contributed by atoms with Crippen LogP contribution in [0.25, 0.3) is 5.57 Å². The number of sulfonamides is 1. The predicted molar refractivity (Wildman–Crippen MR) is 123 cm³/mol. The van der Waals surface area contributed by atoms with Gasteiger partial charge in [-0.15, -0.1) is 0 Å². The number of allylic oxidation sites excluding steroid dienone is 2. The first-order valence-corrected chi connectivity index (χ1v) is 12.3. The molecule has 1 N–H and O–H groups in total. The van der Waals surface area contributed by atoms with E-state index in [4.69, 9.17) is 9.47 Å². The summed E-state index contributed by atoms with van der Waals surface area (Å²) in [5.41, 5.74) is 2.68. The van der Waals surface area contributed by atoms with Crippen LogP contribution < -0.4 is 9.46 Å². The van der Waals surface area contributed by atoms with Crippen LogP contribution in [-0.2, 0) is 24.3 Å². The molecule has 2 aromatic rings. The molecule has 2 atom stereocenters. The zero-order valence-electron chi connectivity index (χ0n) is 18.3. The SMILES string of the molecule is CCOC(=O)[C@@H]1C(=O)C=C(c2cccc(NS(C)(=O)=O)c2)C[C@@H]1c1ccc(OCC)cc1. The average Bonchev–Trinajstić information content (AvgIpc) is 2.73. The minimum Gasteiger partial charge on any atom is -0.494 e. The van der Waals surface area contributed by atoms with Crippen molar-refractivity contribution in [2.24, 2.45) is 5.92 Å². The van der Waals surface area contributed by atoms with Gasteiger partial charge in [-0.05, 0) is 67.3 Å². The summed E-state index contributed by atoms with van der Waals surface area (Å²) in [6, 6.07) is 14.2. The van der Waals surface area contributed by atoms with Gasteiger partial charge in [-0.1, -0.05) is 24.3 Å². The molecule has 0 radical (unpaired) electrons. The fraction of sp³-hybridized carbons (Fsp3) is 0.333. The van der Waals surface area contributed by atoms with Crippen LogP contribution in [-0.4, -0.2) is 39.6 Å². The van der Waals surface area contributed by atoms with Gasteiger partial charge >= 0.3 is 5.97 Å². The summed E-state index contributed by atoms with van der Waals surface area (Å²) >= 11 is 0. The molecule has 0 spiro atoms. The number of ketones is 1. The van der Waals surface area contributed by atoms with E-state index in [9.17, 15) is 18.0 Å². The largest absolute Gasteiger partial charge is 0.494 e. The Morgan fingerprint density at radius 1 is 1.09 bits per heavy atom. The van der Waals surface area contributed by atoms with Crippen LogP contribution in [0, 0.1) is 5.92 Å². The van der Waals surface area contributed by atoms with Gasteiger partial charge < -0.3 is 9.47 Å². The fourth-order valence-electron chi connectivity index (χ4n) is 3.87. The zero-order valence-corrected chi connectivity index (χ0v) is 19.1. The quantitative estimate of drug-likeness (QED) is 0.479. The van der Waals surface area contributed by atoms with Crippen molar-refractivity contribution >= 4 is 33.0 Å². The highest BCUT2D eigenvalue weighted by atomic mass is 32.2. The minimum absolute atomic E-state index is 0.189. The van der Waals surface area contributed by atoms with E-state index < -0.39 is 27.8 Å². The van der Waals surface area contributed by atoms with Crippen molar-refractivity contribution in [3.05, 3.63) is 65.7 Å². The number of ether oxygens (including phenoxy) is 2. The average molecular weight is 458 g/mol. The third-order valence-corrected chi connectivity index (χ3v) is 5.77. The first-order valence-electron chi connectivity index (χ1n) is 10.4. The van der Waals surface area contributed by atoms with Crippen molar-refractivity contribution < 1.29 is 27.5 Å². The molecular formula is C24H27NO6S. The summed E-state index contributed by atoms with van der Waals surface area (Å²) in [5.74, 6) is -1.51. The van der Waals surface area contributed by atoms with E-state index in [0.29, 0.717) is 30.0 Å². The van der Waals surface area contributed by atoms with Gasteiger partial charge in [0, 0.05) is 11.6 Å². The maximum atomic E-state index is 13.0. The number of hydrogen-bond donors (Lipinski definition) is 1. The third kappa shape index (κ3) is 5.76. The Bertz CT molecular complexity index is 1120. The van der Waals surface area contributed by atoms with Crippen LogP contribution in [0.5, 0.6) is 5.75 Å². The molecule has 0 saturated heterocycles. The first-order chi connectivity index (χ1) is 15.2. The minimum atomic E-state index is -3.43. The molecule has 7 nitrogen and oxygen atoms in total. The zero-order chi connectivity index (χ0) is 23.3. The van der Waals surface area contributed by atoms with Crippen LogP contribution in [0.2, 0.25) is 0 Å². The molecule has 0 amide bonds. The Morgan fingerprint density at radius 3 is 2.44 bits per heavy atom. The van der Waals surface area contributed by atoms with Crippen LogP contribution in [0.15, 0.2) is 54.6 Å². The van der Waals surface area contributed by atoms with Gasteiger partial charge in [0.15, 0.2) is 5.78 Å². The number of anilines is 1. The van der Waals surface area contributed by atoms with E-state index in [1.807, 2.05) is 37.3 Å². The third-order valence-electron chi connectivity index (χ3n) is 5.16. The van der Waals surface area contributed by atoms with Crippen molar-refractivity contribution in [2.75, 3.05) is 24.2 Å². The molecule has 0 aromatic heterocycles. The van der Waals surface area contributed by atoms with Crippen LogP contribution in [0.3, 0.4) is 0 Å². The molecule has 0 unspecified atom stereocenters.